The van der Waals surface area contributed by atoms with E-state index in [0.29, 0.717) is 11.2 Å². The zero-order chi connectivity index (χ0) is 26.1. The number of hydrogen-bond donors (Lipinski definition) is 3. The van der Waals surface area contributed by atoms with E-state index in [9.17, 15) is 10.2 Å². The molecule has 1 aliphatic heterocycles. The first-order chi connectivity index (χ1) is 18.6. The van der Waals surface area contributed by atoms with Gasteiger partial charge in [-0.25, -0.2) is 15.0 Å². The molecule has 1 saturated heterocycles. The number of hydrogen-bond acceptors (Lipinski definition) is 8. The van der Waals surface area contributed by atoms with E-state index in [4.69, 9.17) is 15.2 Å². The van der Waals surface area contributed by atoms with E-state index in [1.54, 1.807) is 4.57 Å². The van der Waals surface area contributed by atoms with Crippen LogP contribution in [0.2, 0.25) is 0 Å². The lowest BCUT2D eigenvalue weighted by Crippen LogP contribution is -2.39. The molecule has 0 amide bonds. The molecular weight excluding hydrogens is 482 g/mol. The Morgan fingerprint density at radius 3 is 1.89 bits per heavy atom. The second kappa shape index (κ2) is 9.96. The second-order valence-corrected chi connectivity index (χ2v) is 9.22. The molecule has 5 aromatic rings. The Morgan fingerprint density at radius 1 is 0.789 bits per heavy atom. The molecule has 1 aliphatic rings. The topological polar surface area (TPSA) is 129 Å². The largest absolute Gasteiger partial charge is 0.387 e. The normalized spacial score (nSPS) is 21.6. The lowest BCUT2D eigenvalue weighted by molar-refractivity contribution is -0.0942. The maximum absolute atomic E-state index is 11.0. The summed E-state index contributed by atoms with van der Waals surface area (Å²) in [5.74, 6) is 0.222. The number of benzene rings is 3. The van der Waals surface area contributed by atoms with Crippen molar-refractivity contribution in [1.82, 2.24) is 19.5 Å². The third-order valence-electron chi connectivity index (χ3n) is 7.00. The Bertz CT molecular complexity index is 1420. The van der Waals surface area contributed by atoms with Crippen molar-refractivity contribution in [3.63, 3.8) is 0 Å². The molecule has 2 aromatic heterocycles. The minimum atomic E-state index is -1.24. The van der Waals surface area contributed by atoms with E-state index in [0.717, 1.165) is 16.7 Å². The Morgan fingerprint density at radius 2 is 1.34 bits per heavy atom. The van der Waals surface area contributed by atoms with E-state index in [1.165, 1.54) is 12.7 Å². The predicted molar refractivity (Wildman–Crippen MR) is 141 cm³/mol. The summed E-state index contributed by atoms with van der Waals surface area (Å²) in [5.41, 5.74) is 8.51. The fraction of sp³-hybridized carbons (Fsp3) is 0.207. The van der Waals surface area contributed by atoms with Gasteiger partial charge in [-0.15, -0.1) is 0 Å². The summed E-state index contributed by atoms with van der Waals surface area (Å²) in [5, 5.41) is 22.0. The maximum Gasteiger partial charge on any atom is 0.167 e. The molecule has 9 heteroatoms. The van der Waals surface area contributed by atoms with Crippen molar-refractivity contribution in [1.29, 1.82) is 0 Å². The zero-order valence-corrected chi connectivity index (χ0v) is 20.4. The Labute approximate surface area is 219 Å². The Kier molecular flexibility index (Phi) is 6.34. The maximum atomic E-state index is 11.0. The smallest absolute Gasteiger partial charge is 0.167 e. The van der Waals surface area contributed by atoms with E-state index in [1.807, 2.05) is 91.0 Å². The number of aliphatic hydroxyl groups is 2. The van der Waals surface area contributed by atoms with Gasteiger partial charge in [0.15, 0.2) is 17.7 Å². The third kappa shape index (κ3) is 4.02. The molecule has 192 valence electrons. The van der Waals surface area contributed by atoms with Crippen molar-refractivity contribution in [3.05, 3.63) is 120 Å². The molecule has 0 unspecified atom stereocenters. The summed E-state index contributed by atoms with van der Waals surface area (Å²) >= 11 is 0. The lowest BCUT2D eigenvalue weighted by Gasteiger charge is -2.37. The number of nitrogens with zero attached hydrogens (tertiary/aromatic N) is 4. The van der Waals surface area contributed by atoms with Crippen molar-refractivity contribution in [3.8, 4) is 0 Å². The molecule has 0 bridgehead atoms. The van der Waals surface area contributed by atoms with Crippen LogP contribution in [0.15, 0.2) is 104 Å². The molecule has 0 radical (unpaired) electrons. The molecule has 9 nitrogen and oxygen atoms in total. The van der Waals surface area contributed by atoms with Crippen LogP contribution in [0.3, 0.4) is 0 Å². The molecule has 6 rings (SSSR count). The molecular formula is C29H27N5O4. The zero-order valence-electron chi connectivity index (χ0n) is 20.4. The minimum absolute atomic E-state index is 0.00282. The highest BCUT2D eigenvalue weighted by atomic mass is 16.6. The summed E-state index contributed by atoms with van der Waals surface area (Å²) in [6.07, 6.45) is -1.42. The number of rotatable bonds is 7. The highest BCUT2D eigenvalue weighted by Crippen LogP contribution is 2.42. The van der Waals surface area contributed by atoms with Gasteiger partial charge in [0.25, 0.3) is 0 Å². The van der Waals surface area contributed by atoms with Gasteiger partial charge in [-0.1, -0.05) is 91.0 Å². The van der Waals surface area contributed by atoms with Crippen LogP contribution in [0.4, 0.5) is 5.82 Å². The van der Waals surface area contributed by atoms with E-state index in [-0.39, 0.29) is 12.4 Å². The molecule has 3 heterocycles. The molecule has 3 aromatic carbocycles. The number of imidazole rings is 1. The van der Waals surface area contributed by atoms with Gasteiger partial charge in [0.05, 0.1) is 12.9 Å². The van der Waals surface area contributed by atoms with Gasteiger partial charge in [0, 0.05) is 0 Å². The van der Waals surface area contributed by atoms with Gasteiger partial charge in [0.1, 0.15) is 35.8 Å². The van der Waals surface area contributed by atoms with Crippen molar-refractivity contribution < 1.29 is 19.7 Å². The van der Waals surface area contributed by atoms with E-state index in [2.05, 4.69) is 15.0 Å². The molecule has 4 atom stereocenters. The average molecular weight is 510 g/mol. The van der Waals surface area contributed by atoms with Crippen LogP contribution in [0, 0.1) is 0 Å². The first-order valence-electron chi connectivity index (χ1n) is 12.3. The van der Waals surface area contributed by atoms with Crippen LogP contribution < -0.4 is 5.73 Å². The number of ether oxygens (including phenoxy) is 2. The number of nitrogens with two attached hydrogens (primary N) is 1. The molecule has 1 fully saturated rings. The molecule has 4 N–H and O–H groups in total. The molecule has 38 heavy (non-hydrogen) atoms. The summed E-state index contributed by atoms with van der Waals surface area (Å²) < 4.78 is 14.5. The van der Waals surface area contributed by atoms with Crippen molar-refractivity contribution in [2.45, 2.75) is 30.1 Å². The van der Waals surface area contributed by atoms with Crippen LogP contribution in [-0.4, -0.2) is 54.7 Å². The Balaban J connectivity index is 1.36. The van der Waals surface area contributed by atoms with Gasteiger partial charge in [-0.05, 0) is 16.7 Å². The summed E-state index contributed by atoms with van der Waals surface area (Å²) in [4.78, 5) is 12.5. The second-order valence-electron chi connectivity index (χ2n) is 9.22. The standard InChI is InChI=1S/C29H27N5O4/c30-26-23-27(32-17-31-26)34(18-33-23)28-25(36)24(35)22(38-28)16-37-29(19-10-4-1-5-11-19,20-12-6-2-7-13-20)21-14-8-3-9-15-21/h1-15,17-18,22,24-25,28,35-36H,16H2,(H2,30,31,32)/t22-,24+,25+,28-/m1/s1. The number of aliphatic hydroxyl groups excluding tert-OH is 2. The van der Waals surface area contributed by atoms with Crippen molar-refractivity contribution in [2.75, 3.05) is 12.3 Å². The predicted octanol–water partition coefficient (Wildman–Crippen LogP) is 3.04. The van der Waals surface area contributed by atoms with Gasteiger partial charge < -0.3 is 25.4 Å². The van der Waals surface area contributed by atoms with Crippen LogP contribution in [0.1, 0.15) is 22.9 Å². The van der Waals surface area contributed by atoms with Gasteiger partial charge >= 0.3 is 0 Å². The third-order valence-corrected chi connectivity index (χ3v) is 7.00. The van der Waals surface area contributed by atoms with E-state index >= 15 is 0 Å². The number of anilines is 1. The van der Waals surface area contributed by atoms with Crippen molar-refractivity contribution >= 4 is 17.0 Å². The summed E-state index contributed by atoms with van der Waals surface area (Å²) in [6.45, 7) is -0.00282. The highest BCUT2D eigenvalue weighted by Gasteiger charge is 2.46. The first kappa shape index (κ1) is 24.2. The van der Waals surface area contributed by atoms with Crippen LogP contribution in [0.25, 0.3) is 11.2 Å². The fourth-order valence-electron chi connectivity index (χ4n) is 5.13. The van der Waals surface area contributed by atoms with Crippen LogP contribution in [0.5, 0.6) is 0 Å². The van der Waals surface area contributed by atoms with Crippen molar-refractivity contribution in [2.24, 2.45) is 0 Å². The SMILES string of the molecule is Nc1ncnc2c1ncn2[C@@H]1O[C@H](COC(c2ccccc2)(c2ccccc2)c2ccccc2)[C@H](O)[C@@H]1O. The quantitative estimate of drug-likeness (QED) is 0.286. The average Bonchev–Trinajstić information content (AvgIpc) is 3.52. The molecule has 0 spiro atoms. The van der Waals surface area contributed by atoms with Crippen LogP contribution >= 0.6 is 0 Å². The van der Waals surface area contributed by atoms with Gasteiger partial charge in [-0.3, -0.25) is 4.57 Å². The minimum Gasteiger partial charge on any atom is -0.387 e. The number of fused-ring (bicyclic) bond motifs is 1. The number of nitrogen functional groups attached to an aromatic ring is 1. The highest BCUT2D eigenvalue weighted by molar-refractivity contribution is 5.81. The molecule has 0 saturated carbocycles. The van der Waals surface area contributed by atoms with E-state index < -0.39 is 30.1 Å². The van der Waals surface area contributed by atoms with Gasteiger partial charge in [0.2, 0.25) is 0 Å². The Hall–Kier alpha value is -4.15. The fourth-order valence-corrected chi connectivity index (χ4v) is 5.13. The monoisotopic (exact) mass is 509 g/mol. The van der Waals surface area contributed by atoms with Crippen LogP contribution in [-0.2, 0) is 15.1 Å². The van der Waals surface area contributed by atoms with Gasteiger partial charge in [-0.2, -0.15) is 0 Å². The lowest BCUT2D eigenvalue weighted by atomic mass is 9.80. The summed E-state index contributed by atoms with van der Waals surface area (Å²) in [7, 11) is 0. The first-order valence-corrected chi connectivity index (χ1v) is 12.3. The molecule has 0 aliphatic carbocycles. The summed E-state index contributed by atoms with van der Waals surface area (Å²) in [6, 6.07) is 29.8. The number of aromatic nitrogens is 4.